The smallest absolute Gasteiger partial charge is 0.230 e. The van der Waals surface area contributed by atoms with Crippen molar-refractivity contribution in [3.05, 3.63) is 30.5 Å². The molecule has 3 heterocycles. The van der Waals surface area contributed by atoms with Gasteiger partial charge in [-0.25, -0.2) is 9.97 Å². The van der Waals surface area contributed by atoms with Gasteiger partial charge in [-0.2, -0.15) is 5.10 Å². The first-order chi connectivity index (χ1) is 12.1. The van der Waals surface area contributed by atoms with Gasteiger partial charge in [-0.05, 0) is 6.92 Å². The molecule has 2 aromatic heterocycles. The van der Waals surface area contributed by atoms with E-state index in [1.807, 2.05) is 6.92 Å². The largest absolute Gasteiger partial charge is 0.383 e. The molecule has 0 aromatic carbocycles. The number of methoxy groups -OCH3 is 1. The Morgan fingerprint density at radius 3 is 3.04 bits per heavy atom. The van der Waals surface area contributed by atoms with E-state index in [2.05, 4.69) is 20.4 Å². The van der Waals surface area contributed by atoms with E-state index in [4.69, 9.17) is 4.74 Å². The molecule has 0 bridgehead atoms. The quantitative estimate of drug-likeness (QED) is 0.824. The fraction of sp³-hybridized carbons (Fsp3) is 0.438. The number of nitrogens with one attached hydrogen (secondary N) is 1. The van der Waals surface area contributed by atoms with Gasteiger partial charge in [0.2, 0.25) is 11.8 Å². The van der Waals surface area contributed by atoms with Crippen molar-refractivity contribution in [2.24, 2.45) is 5.92 Å². The summed E-state index contributed by atoms with van der Waals surface area (Å²) in [7, 11) is 1.62. The van der Waals surface area contributed by atoms with Gasteiger partial charge in [-0.1, -0.05) is 0 Å². The minimum Gasteiger partial charge on any atom is -0.383 e. The van der Waals surface area contributed by atoms with Gasteiger partial charge in [-0.3, -0.25) is 14.3 Å². The highest BCUT2D eigenvalue weighted by Gasteiger charge is 2.35. The minimum atomic E-state index is -0.426. The van der Waals surface area contributed by atoms with Crippen molar-refractivity contribution in [3.63, 3.8) is 0 Å². The molecule has 9 heteroatoms. The molecule has 1 aliphatic heterocycles. The standard InChI is InChI=1S/C16H20N6O3/c1-11-5-14(18-10-17-11)20-16(24)12-6-15(23)22(8-12)13-7-19-21(9-13)3-4-25-2/h5,7,9-10,12H,3-4,6,8H2,1-2H3,(H,17,18,20,24). The summed E-state index contributed by atoms with van der Waals surface area (Å²) >= 11 is 0. The second kappa shape index (κ2) is 7.39. The van der Waals surface area contributed by atoms with Crippen LogP contribution in [-0.2, 0) is 20.9 Å². The molecule has 1 atom stereocenters. The van der Waals surface area contributed by atoms with Gasteiger partial charge >= 0.3 is 0 Å². The number of nitrogens with zero attached hydrogens (tertiary/aromatic N) is 5. The summed E-state index contributed by atoms with van der Waals surface area (Å²) in [5, 5.41) is 6.95. The fourth-order valence-corrected chi connectivity index (χ4v) is 2.68. The van der Waals surface area contributed by atoms with Crippen molar-refractivity contribution in [1.82, 2.24) is 19.7 Å². The van der Waals surface area contributed by atoms with Gasteiger partial charge in [0.15, 0.2) is 0 Å². The first-order valence-corrected chi connectivity index (χ1v) is 7.98. The molecule has 3 rings (SSSR count). The molecule has 1 N–H and O–H groups in total. The van der Waals surface area contributed by atoms with Gasteiger partial charge in [0.05, 0.1) is 31.0 Å². The average Bonchev–Trinajstić information content (AvgIpc) is 3.19. The molecular weight excluding hydrogens is 324 g/mol. The Morgan fingerprint density at radius 2 is 2.28 bits per heavy atom. The van der Waals surface area contributed by atoms with Crippen molar-refractivity contribution in [2.75, 3.05) is 30.5 Å². The lowest BCUT2D eigenvalue weighted by Crippen LogP contribution is -2.28. The monoisotopic (exact) mass is 344 g/mol. The third kappa shape index (κ3) is 4.00. The van der Waals surface area contributed by atoms with Crippen molar-refractivity contribution >= 4 is 23.3 Å². The lowest BCUT2D eigenvalue weighted by atomic mass is 10.1. The van der Waals surface area contributed by atoms with Crippen LogP contribution >= 0.6 is 0 Å². The number of hydrogen-bond acceptors (Lipinski definition) is 6. The molecule has 132 valence electrons. The van der Waals surface area contributed by atoms with Crippen molar-refractivity contribution < 1.29 is 14.3 Å². The Bertz CT molecular complexity index is 775. The number of rotatable bonds is 6. The normalized spacial score (nSPS) is 17.1. The van der Waals surface area contributed by atoms with Crippen LogP contribution in [0.5, 0.6) is 0 Å². The highest BCUT2D eigenvalue weighted by Crippen LogP contribution is 2.25. The third-order valence-corrected chi connectivity index (χ3v) is 4.01. The molecule has 1 fully saturated rings. The van der Waals surface area contributed by atoms with Crippen LogP contribution in [0.25, 0.3) is 0 Å². The highest BCUT2D eigenvalue weighted by molar-refractivity contribution is 6.03. The second-order valence-corrected chi connectivity index (χ2v) is 5.89. The number of aromatic nitrogens is 4. The minimum absolute atomic E-state index is 0.0923. The van der Waals surface area contributed by atoms with E-state index >= 15 is 0 Å². The van der Waals surface area contributed by atoms with Crippen molar-refractivity contribution in [1.29, 1.82) is 0 Å². The topological polar surface area (TPSA) is 102 Å². The van der Waals surface area contributed by atoms with E-state index in [1.54, 1.807) is 35.2 Å². The summed E-state index contributed by atoms with van der Waals surface area (Å²) < 4.78 is 6.72. The number of carbonyl (C=O) groups excluding carboxylic acids is 2. The van der Waals surface area contributed by atoms with E-state index in [0.717, 1.165) is 5.69 Å². The van der Waals surface area contributed by atoms with Crippen LogP contribution in [0.1, 0.15) is 12.1 Å². The van der Waals surface area contributed by atoms with Crippen LogP contribution in [0.4, 0.5) is 11.5 Å². The number of carbonyl (C=O) groups is 2. The number of hydrogen-bond donors (Lipinski definition) is 1. The summed E-state index contributed by atoms with van der Waals surface area (Å²) in [6.07, 6.45) is 4.97. The van der Waals surface area contributed by atoms with Gasteiger partial charge in [0.25, 0.3) is 0 Å². The lowest BCUT2D eigenvalue weighted by Gasteiger charge is -2.14. The molecule has 2 aromatic rings. The molecule has 1 aliphatic rings. The Kier molecular flexibility index (Phi) is 5.03. The van der Waals surface area contributed by atoms with Crippen LogP contribution < -0.4 is 10.2 Å². The maximum atomic E-state index is 12.4. The van der Waals surface area contributed by atoms with Crippen LogP contribution in [-0.4, -0.2) is 51.8 Å². The van der Waals surface area contributed by atoms with Crippen LogP contribution in [0.2, 0.25) is 0 Å². The Hall–Kier alpha value is -2.81. The van der Waals surface area contributed by atoms with Gasteiger partial charge < -0.3 is 15.0 Å². The molecule has 25 heavy (non-hydrogen) atoms. The van der Waals surface area contributed by atoms with E-state index in [1.165, 1.54) is 6.33 Å². The fourth-order valence-electron chi connectivity index (χ4n) is 2.68. The maximum Gasteiger partial charge on any atom is 0.230 e. The zero-order chi connectivity index (χ0) is 17.8. The summed E-state index contributed by atoms with van der Waals surface area (Å²) in [6, 6.07) is 1.69. The van der Waals surface area contributed by atoms with E-state index < -0.39 is 5.92 Å². The van der Waals surface area contributed by atoms with Crippen LogP contribution in [0, 0.1) is 12.8 Å². The molecule has 0 radical (unpaired) electrons. The summed E-state index contributed by atoms with van der Waals surface area (Å²) in [4.78, 5) is 34.3. The van der Waals surface area contributed by atoms with E-state index in [0.29, 0.717) is 31.2 Å². The number of aryl methyl sites for hydroxylation is 1. The molecule has 2 amide bonds. The Balaban J connectivity index is 1.63. The molecule has 0 spiro atoms. The predicted octanol–water partition coefficient (Wildman–Crippen LogP) is 0.620. The van der Waals surface area contributed by atoms with Crippen LogP contribution in [0.3, 0.4) is 0 Å². The van der Waals surface area contributed by atoms with Crippen LogP contribution in [0.15, 0.2) is 24.8 Å². The number of amides is 2. The summed E-state index contributed by atoms with van der Waals surface area (Å²) in [6.45, 7) is 3.29. The third-order valence-electron chi connectivity index (χ3n) is 4.01. The molecule has 0 aliphatic carbocycles. The number of anilines is 2. The SMILES string of the molecule is COCCn1cc(N2CC(C(=O)Nc3cc(C)ncn3)CC2=O)cn1. The first kappa shape index (κ1) is 17.0. The first-order valence-electron chi connectivity index (χ1n) is 7.98. The second-order valence-electron chi connectivity index (χ2n) is 5.89. The summed E-state index contributed by atoms with van der Waals surface area (Å²) in [5.74, 6) is -0.299. The molecule has 1 saturated heterocycles. The summed E-state index contributed by atoms with van der Waals surface area (Å²) in [5.41, 5.74) is 1.45. The van der Waals surface area contributed by atoms with E-state index in [9.17, 15) is 9.59 Å². The van der Waals surface area contributed by atoms with E-state index in [-0.39, 0.29) is 18.2 Å². The number of ether oxygens (including phenoxy) is 1. The highest BCUT2D eigenvalue weighted by atomic mass is 16.5. The Labute approximate surface area is 145 Å². The zero-order valence-electron chi connectivity index (χ0n) is 14.2. The van der Waals surface area contributed by atoms with Gasteiger partial charge in [0.1, 0.15) is 12.1 Å². The molecule has 9 nitrogen and oxygen atoms in total. The van der Waals surface area contributed by atoms with Gasteiger partial charge in [-0.15, -0.1) is 0 Å². The van der Waals surface area contributed by atoms with Crippen molar-refractivity contribution in [3.8, 4) is 0 Å². The molecular formula is C16H20N6O3. The lowest BCUT2D eigenvalue weighted by molar-refractivity contribution is -0.122. The molecule has 1 unspecified atom stereocenters. The zero-order valence-corrected chi connectivity index (χ0v) is 14.2. The average molecular weight is 344 g/mol. The predicted molar refractivity (Wildman–Crippen MR) is 90.0 cm³/mol. The van der Waals surface area contributed by atoms with Gasteiger partial charge in [0, 0.05) is 38.0 Å². The Morgan fingerprint density at radius 1 is 1.44 bits per heavy atom. The molecule has 0 saturated carbocycles. The van der Waals surface area contributed by atoms with Crippen molar-refractivity contribution in [2.45, 2.75) is 19.9 Å². The maximum absolute atomic E-state index is 12.4.